The number of anilines is 1. The number of nitrogens with zero attached hydrogens (tertiary/aromatic N) is 2. The van der Waals surface area contributed by atoms with E-state index in [4.69, 9.17) is 10.5 Å². The molecule has 3 N–H and O–H groups in total. The lowest BCUT2D eigenvalue weighted by Crippen LogP contribution is -2.35. The van der Waals surface area contributed by atoms with Crippen LogP contribution in [0.15, 0.2) is 42.7 Å². The van der Waals surface area contributed by atoms with Gasteiger partial charge in [-0.3, -0.25) is 4.98 Å². The minimum absolute atomic E-state index is 0.0299. The third kappa shape index (κ3) is 3.37. The predicted octanol–water partition coefficient (Wildman–Crippen LogP) is 3.23. The van der Waals surface area contributed by atoms with E-state index in [1.54, 1.807) is 19.2 Å². The number of methoxy groups -OCH3 is 1. The quantitative estimate of drug-likeness (QED) is 0.848. The molecule has 27 heavy (non-hydrogen) atoms. The summed E-state index contributed by atoms with van der Waals surface area (Å²) < 4.78 is 19.7. The van der Waals surface area contributed by atoms with Crippen molar-refractivity contribution in [2.75, 3.05) is 25.1 Å². The van der Waals surface area contributed by atoms with Crippen molar-refractivity contribution < 1.29 is 9.13 Å². The van der Waals surface area contributed by atoms with E-state index in [0.717, 1.165) is 29.9 Å². The molecule has 0 spiro atoms. The molecule has 0 aliphatic carbocycles. The van der Waals surface area contributed by atoms with Gasteiger partial charge < -0.3 is 20.7 Å². The molecular formula is C21H25FN4O. The first-order valence-electron chi connectivity index (χ1n) is 9.42. The van der Waals surface area contributed by atoms with Crippen molar-refractivity contribution in [2.45, 2.75) is 31.3 Å². The molecule has 2 aliphatic heterocycles. The van der Waals surface area contributed by atoms with Crippen LogP contribution in [0.5, 0.6) is 5.75 Å². The van der Waals surface area contributed by atoms with Gasteiger partial charge in [-0.2, -0.15) is 0 Å². The van der Waals surface area contributed by atoms with E-state index in [2.05, 4.69) is 21.3 Å². The molecular weight excluding hydrogens is 343 g/mol. The minimum atomic E-state index is -0.270. The van der Waals surface area contributed by atoms with Crippen LogP contribution in [0.3, 0.4) is 0 Å². The summed E-state index contributed by atoms with van der Waals surface area (Å²) in [4.78, 5) is 7.00. The van der Waals surface area contributed by atoms with E-state index >= 15 is 0 Å². The summed E-state index contributed by atoms with van der Waals surface area (Å²) in [6.45, 7) is 1.70. The largest absolute Gasteiger partial charge is 0.496 e. The Morgan fingerprint density at radius 1 is 1.33 bits per heavy atom. The number of aromatic nitrogens is 1. The van der Waals surface area contributed by atoms with Gasteiger partial charge in [0, 0.05) is 31.8 Å². The van der Waals surface area contributed by atoms with E-state index < -0.39 is 0 Å². The molecule has 4 rings (SSSR count). The van der Waals surface area contributed by atoms with Crippen LogP contribution in [0.2, 0.25) is 0 Å². The average Bonchev–Trinajstić information content (AvgIpc) is 3.37. The molecule has 1 saturated heterocycles. The number of nitrogens with one attached hydrogen (secondary N) is 1. The maximum Gasteiger partial charge on any atom is 0.134 e. The molecule has 0 amide bonds. The van der Waals surface area contributed by atoms with Crippen LogP contribution in [-0.4, -0.2) is 31.2 Å². The molecule has 1 fully saturated rings. The highest BCUT2D eigenvalue weighted by Gasteiger charge is 2.26. The van der Waals surface area contributed by atoms with Crippen molar-refractivity contribution in [3.63, 3.8) is 0 Å². The molecule has 0 saturated carbocycles. The van der Waals surface area contributed by atoms with Gasteiger partial charge in [0.1, 0.15) is 11.6 Å². The summed E-state index contributed by atoms with van der Waals surface area (Å²) in [5, 5.41) is 3.33. The first-order valence-corrected chi connectivity index (χ1v) is 9.42. The van der Waals surface area contributed by atoms with Crippen LogP contribution >= 0.6 is 0 Å². The lowest BCUT2D eigenvalue weighted by molar-refractivity contribution is 0.409. The fraction of sp³-hybridized carbons (Fsp3) is 0.381. The zero-order valence-corrected chi connectivity index (χ0v) is 15.5. The summed E-state index contributed by atoms with van der Waals surface area (Å²) in [7, 11) is 1.56. The van der Waals surface area contributed by atoms with Crippen LogP contribution in [0.4, 0.5) is 10.1 Å². The van der Waals surface area contributed by atoms with Gasteiger partial charge in [-0.05, 0) is 42.7 Å². The highest BCUT2D eigenvalue weighted by Crippen LogP contribution is 2.37. The number of ether oxygens (including phenoxy) is 1. The van der Waals surface area contributed by atoms with Gasteiger partial charge in [0.05, 0.1) is 36.3 Å². The Kier molecular flexibility index (Phi) is 4.99. The van der Waals surface area contributed by atoms with Crippen LogP contribution < -0.4 is 20.7 Å². The second-order valence-electron chi connectivity index (χ2n) is 7.08. The molecule has 6 heteroatoms. The fourth-order valence-electron chi connectivity index (χ4n) is 4.08. The zero-order valence-electron chi connectivity index (χ0n) is 15.5. The maximum absolute atomic E-state index is 14.3. The summed E-state index contributed by atoms with van der Waals surface area (Å²) in [5.74, 6) is 0.280. The van der Waals surface area contributed by atoms with Crippen molar-refractivity contribution in [2.24, 2.45) is 5.73 Å². The van der Waals surface area contributed by atoms with Crippen molar-refractivity contribution in [1.82, 2.24) is 10.3 Å². The molecule has 1 aromatic carbocycles. The molecule has 1 aromatic heterocycles. The summed E-state index contributed by atoms with van der Waals surface area (Å²) in [6, 6.07) is 9.50. The van der Waals surface area contributed by atoms with Gasteiger partial charge in [0.2, 0.25) is 0 Å². The number of hydrogen-bond acceptors (Lipinski definition) is 5. The smallest absolute Gasteiger partial charge is 0.134 e. The van der Waals surface area contributed by atoms with Crippen molar-refractivity contribution in [3.8, 4) is 5.75 Å². The number of benzene rings is 1. The zero-order chi connectivity index (χ0) is 18.8. The Morgan fingerprint density at radius 3 is 2.96 bits per heavy atom. The highest BCUT2D eigenvalue weighted by molar-refractivity contribution is 5.73. The standard InChI is InChI=1S/C21H25FN4O/c1-27-20-6-2-5-17(22)21(20)14-10-19(24-12-14)18-8-7-16(13-25-18)26-9-3-4-15(26)11-23/h2,5-8,12-13,15,19,24H,3-4,9-11,23H2,1H3/t15-,19?/m1/s1. The topological polar surface area (TPSA) is 63.4 Å². The van der Waals surface area contributed by atoms with Crippen LogP contribution in [0.1, 0.15) is 36.6 Å². The van der Waals surface area contributed by atoms with E-state index in [9.17, 15) is 4.39 Å². The Bertz CT molecular complexity index is 837. The van der Waals surface area contributed by atoms with Gasteiger partial charge in [-0.1, -0.05) is 6.07 Å². The van der Waals surface area contributed by atoms with Crippen molar-refractivity contribution in [1.29, 1.82) is 0 Å². The third-order valence-corrected chi connectivity index (χ3v) is 5.51. The van der Waals surface area contributed by atoms with Gasteiger partial charge in [0.15, 0.2) is 0 Å². The molecule has 1 unspecified atom stereocenters. The van der Waals surface area contributed by atoms with Gasteiger partial charge in [0.25, 0.3) is 0 Å². The number of pyridine rings is 1. The summed E-state index contributed by atoms with van der Waals surface area (Å²) >= 11 is 0. The Labute approximate surface area is 159 Å². The highest BCUT2D eigenvalue weighted by atomic mass is 19.1. The number of rotatable bonds is 5. The number of halogens is 1. The molecule has 2 aliphatic rings. The molecule has 5 nitrogen and oxygen atoms in total. The summed E-state index contributed by atoms with van der Waals surface area (Å²) in [5.41, 5.74) is 9.36. The monoisotopic (exact) mass is 368 g/mol. The van der Waals surface area contributed by atoms with Gasteiger partial charge in [-0.15, -0.1) is 0 Å². The predicted molar refractivity (Wildman–Crippen MR) is 105 cm³/mol. The molecule has 2 aromatic rings. The van der Waals surface area contributed by atoms with Crippen LogP contribution in [-0.2, 0) is 0 Å². The van der Waals surface area contributed by atoms with Crippen molar-refractivity contribution in [3.05, 3.63) is 59.8 Å². The molecule has 2 atom stereocenters. The van der Waals surface area contributed by atoms with Gasteiger partial charge >= 0.3 is 0 Å². The lowest BCUT2D eigenvalue weighted by Gasteiger charge is -2.25. The number of hydrogen-bond donors (Lipinski definition) is 2. The minimum Gasteiger partial charge on any atom is -0.496 e. The lowest BCUT2D eigenvalue weighted by atomic mass is 9.99. The molecule has 142 valence electrons. The second-order valence-corrected chi connectivity index (χ2v) is 7.08. The second kappa shape index (κ2) is 7.56. The van der Waals surface area contributed by atoms with E-state index in [0.29, 0.717) is 30.3 Å². The molecule has 0 bridgehead atoms. The van der Waals surface area contributed by atoms with Crippen molar-refractivity contribution >= 4 is 11.3 Å². The molecule has 3 heterocycles. The Morgan fingerprint density at radius 2 is 2.22 bits per heavy atom. The van der Waals surface area contributed by atoms with E-state index in [1.165, 1.54) is 12.5 Å². The summed E-state index contributed by atoms with van der Waals surface area (Å²) in [6.07, 6.45) is 6.77. The normalized spacial score (nSPS) is 21.9. The Hall–Kier alpha value is -2.60. The van der Waals surface area contributed by atoms with E-state index in [1.807, 2.05) is 18.5 Å². The van der Waals surface area contributed by atoms with Gasteiger partial charge in [-0.25, -0.2) is 4.39 Å². The number of nitrogens with two attached hydrogens (primary N) is 1. The average molecular weight is 368 g/mol. The van der Waals surface area contributed by atoms with Crippen LogP contribution in [0.25, 0.3) is 5.57 Å². The van der Waals surface area contributed by atoms with Crippen LogP contribution in [0, 0.1) is 5.82 Å². The van der Waals surface area contributed by atoms with E-state index in [-0.39, 0.29) is 11.9 Å². The fourth-order valence-corrected chi connectivity index (χ4v) is 4.08. The SMILES string of the molecule is COc1cccc(F)c1C1=CNC(c2ccc(N3CCC[C@@H]3CN)cn2)C1. The Balaban J connectivity index is 1.49. The first kappa shape index (κ1) is 17.8. The maximum atomic E-state index is 14.3. The first-order chi connectivity index (χ1) is 13.2. The molecule has 0 radical (unpaired) electrons. The third-order valence-electron chi connectivity index (χ3n) is 5.51.